The Labute approximate surface area is 118 Å². The van der Waals surface area contributed by atoms with Crippen molar-refractivity contribution in [3.63, 3.8) is 0 Å². The van der Waals surface area contributed by atoms with Gasteiger partial charge in [0.15, 0.2) is 5.78 Å². The van der Waals surface area contributed by atoms with E-state index in [0.29, 0.717) is 13.1 Å². The van der Waals surface area contributed by atoms with E-state index < -0.39 is 0 Å². The van der Waals surface area contributed by atoms with Gasteiger partial charge in [0.25, 0.3) is 0 Å². The van der Waals surface area contributed by atoms with E-state index in [-0.39, 0.29) is 17.6 Å². The first-order chi connectivity index (χ1) is 9.11. The molecule has 102 valence electrons. The van der Waals surface area contributed by atoms with Crippen LogP contribution in [0.2, 0.25) is 0 Å². The summed E-state index contributed by atoms with van der Waals surface area (Å²) in [6, 6.07) is 7.79. The predicted molar refractivity (Wildman–Crippen MR) is 77.5 cm³/mol. The lowest BCUT2D eigenvalue weighted by Gasteiger charge is -2.30. The van der Waals surface area contributed by atoms with Crippen LogP contribution in [0.15, 0.2) is 29.2 Å². The monoisotopic (exact) mass is 277 g/mol. The smallest absolute Gasteiger partial charge is 0.219 e. The minimum atomic E-state index is 0.0655. The Balaban J connectivity index is 1.98. The fourth-order valence-electron chi connectivity index (χ4n) is 2.45. The van der Waals surface area contributed by atoms with Crippen molar-refractivity contribution in [3.05, 3.63) is 29.8 Å². The van der Waals surface area contributed by atoms with Gasteiger partial charge < -0.3 is 4.90 Å². The number of nitrogens with zero attached hydrogens (tertiary/aromatic N) is 1. The van der Waals surface area contributed by atoms with Crippen LogP contribution in [0, 0.1) is 5.92 Å². The first-order valence-electron chi connectivity index (χ1n) is 6.55. The Kier molecular flexibility index (Phi) is 4.64. The lowest BCUT2D eigenvalue weighted by molar-refractivity contribution is -0.130. The average molecular weight is 277 g/mol. The van der Waals surface area contributed by atoms with Crippen molar-refractivity contribution >= 4 is 23.5 Å². The molecule has 0 saturated carbocycles. The standard InChI is InChI=1S/C15H19NO2S/c1-11(17)16-9-7-13(8-10-16)15(18)12-3-5-14(19-2)6-4-12/h3-6,13H,7-10H2,1-2H3. The van der Waals surface area contributed by atoms with Gasteiger partial charge in [-0.15, -0.1) is 11.8 Å². The summed E-state index contributed by atoms with van der Waals surface area (Å²) in [7, 11) is 0. The van der Waals surface area contributed by atoms with Crippen molar-refractivity contribution in [1.29, 1.82) is 0 Å². The van der Waals surface area contributed by atoms with E-state index in [1.807, 2.05) is 35.4 Å². The fourth-order valence-corrected chi connectivity index (χ4v) is 2.86. The first-order valence-corrected chi connectivity index (χ1v) is 7.78. The topological polar surface area (TPSA) is 37.4 Å². The van der Waals surface area contributed by atoms with Gasteiger partial charge in [-0.05, 0) is 31.2 Å². The van der Waals surface area contributed by atoms with Gasteiger partial charge in [-0.2, -0.15) is 0 Å². The van der Waals surface area contributed by atoms with Gasteiger partial charge in [0.1, 0.15) is 0 Å². The molecule has 4 heteroatoms. The summed E-state index contributed by atoms with van der Waals surface area (Å²) in [6.07, 6.45) is 3.58. The van der Waals surface area contributed by atoms with Crippen LogP contribution in [0.4, 0.5) is 0 Å². The van der Waals surface area contributed by atoms with Crippen molar-refractivity contribution in [2.24, 2.45) is 5.92 Å². The largest absolute Gasteiger partial charge is 0.343 e. The number of ketones is 1. The number of hydrogen-bond acceptors (Lipinski definition) is 3. The van der Waals surface area contributed by atoms with Crippen molar-refractivity contribution < 1.29 is 9.59 Å². The molecular formula is C15H19NO2S. The Bertz CT molecular complexity index is 462. The van der Waals surface area contributed by atoms with E-state index in [4.69, 9.17) is 0 Å². The summed E-state index contributed by atoms with van der Waals surface area (Å²) in [4.78, 5) is 26.6. The summed E-state index contributed by atoms with van der Waals surface area (Å²) in [5.74, 6) is 0.391. The molecule has 1 fully saturated rings. The molecule has 1 aromatic carbocycles. The Morgan fingerprint density at radius 1 is 1.16 bits per heavy atom. The van der Waals surface area contributed by atoms with Crippen LogP contribution in [0.5, 0.6) is 0 Å². The van der Waals surface area contributed by atoms with Crippen molar-refractivity contribution in [2.75, 3.05) is 19.3 Å². The molecule has 0 spiro atoms. The Morgan fingerprint density at radius 3 is 2.21 bits per heavy atom. The van der Waals surface area contributed by atoms with Gasteiger partial charge in [0.2, 0.25) is 5.91 Å². The fraction of sp³-hybridized carbons (Fsp3) is 0.467. The lowest BCUT2D eigenvalue weighted by Crippen LogP contribution is -2.39. The maximum absolute atomic E-state index is 12.4. The molecule has 0 radical (unpaired) electrons. The minimum absolute atomic E-state index is 0.0655. The highest BCUT2D eigenvalue weighted by Gasteiger charge is 2.26. The molecule has 1 aliphatic heterocycles. The Morgan fingerprint density at radius 2 is 1.74 bits per heavy atom. The molecule has 0 aliphatic carbocycles. The van der Waals surface area contributed by atoms with Crippen LogP contribution in [0.1, 0.15) is 30.1 Å². The van der Waals surface area contributed by atoms with Crippen LogP contribution in [0.25, 0.3) is 0 Å². The summed E-state index contributed by atoms with van der Waals surface area (Å²) < 4.78 is 0. The molecule has 0 bridgehead atoms. The highest BCUT2D eigenvalue weighted by Crippen LogP contribution is 2.23. The van der Waals surface area contributed by atoms with Crippen LogP contribution >= 0.6 is 11.8 Å². The second kappa shape index (κ2) is 6.24. The number of thioether (sulfide) groups is 1. The van der Waals surface area contributed by atoms with Gasteiger partial charge in [0, 0.05) is 36.4 Å². The molecular weight excluding hydrogens is 258 g/mol. The third-order valence-electron chi connectivity index (χ3n) is 3.69. The van der Waals surface area contributed by atoms with Gasteiger partial charge in [-0.3, -0.25) is 9.59 Å². The molecule has 0 atom stereocenters. The molecule has 19 heavy (non-hydrogen) atoms. The Hall–Kier alpha value is -1.29. The molecule has 2 rings (SSSR count). The minimum Gasteiger partial charge on any atom is -0.343 e. The maximum Gasteiger partial charge on any atom is 0.219 e. The number of piperidine rings is 1. The summed E-state index contributed by atoms with van der Waals surface area (Å²) in [5, 5.41) is 0. The highest BCUT2D eigenvalue weighted by molar-refractivity contribution is 7.98. The zero-order valence-corrected chi connectivity index (χ0v) is 12.2. The number of amides is 1. The van der Waals surface area contributed by atoms with Crippen LogP contribution < -0.4 is 0 Å². The molecule has 3 nitrogen and oxygen atoms in total. The number of benzene rings is 1. The molecule has 0 unspecified atom stereocenters. The molecule has 1 heterocycles. The number of carbonyl (C=O) groups is 2. The molecule has 0 N–H and O–H groups in total. The molecule has 0 aromatic heterocycles. The zero-order chi connectivity index (χ0) is 13.8. The third kappa shape index (κ3) is 3.38. The maximum atomic E-state index is 12.4. The summed E-state index contributed by atoms with van der Waals surface area (Å²) in [6.45, 7) is 2.99. The van der Waals surface area contributed by atoms with Gasteiger partial charge in [-0.1, -0.05) is 12.1 Å². The normalized spacial score (nSPS) is 16.4. The zero-order valence-electron chi connectivity index (χ0n) is 11.4. The number of hydrogen-bond donors (Lipinski definition) is 0. The number of Topliss-reactive ketones (excluding diaryl/α,β-unsaturated/α-hetero) is 1. The van der Waals surface area contributed by atoms with Crippen molar-refractivity contribution in [3.8, 4) is 0 Å². The predicted octanol–water partition coefficient (Wildman–Crippen LogP) is 2.85. The summed E-state index contributed by atoms with van der Waals surface area (Å²) >= 11 is 1.67. The van der Waals surface area contributed by atoms with Gasteiger partial charge in [-0.25, -0.2) is 0 Å². The third-order valence-corrected chi connectivity index (χ3v) is 4.43. The highest BCUT2D eigenvalue weighted by atomic mass is 32.2. The van der Waals surface area contributed by atoms with Gasteiger partial charge >= 0.3 is 0 Å². The number of likely N-dealkylation sites (tertiary alicyclic amines) is 1. The molecule has 1 amide bonds. The first kappa shape index (κ1) is 14.1. The summed E-state index contributed by atoms with van der Waals surface area (Å²) in [5.41, 5.74) is 0.791. The van der Waals surface area contributed by atoms with E-state index >= 15 is 0 Å². The van der Waals surface area contributed by atoms with E-state index in [9.17, 15) is 9.59 Å². The van der Waals surface area contributed by atoms with E-state index in [1.165, 1.54) is 4.90 Å². The molecule has 1 saturated heterocycles. The average Bonchev–Trinajstić information content (AvgIpc) is 2.46. The lowest BCUT2D eigenvalue weighted by atomic mass is 9.89. The van der Waals surface area contributed by atoms with Gasteiger partial charge in [0.05, 0.1) is 0 Å². The van der Waals surface area contributed by atoms with E-state index in [2.05, 4.69) is 0 Å². The molecule has 1 aromatic rings. The van der Waals surface area contributed by atoms with Crippen molar-refractivity contribution in [2.45, 2.75) is 24.7 Å². The van der Waals surface area contributed by atoms with E-state index in [0.717, 1.165) is 18.4 Å². The van der Waals surface area contributed by atoms with Crippen LogP contribution in [0.3, 0.4) is 0 Å². The SMILES string of the molecule is CSc1ccc(C(=O)C2CCN(C(C)=O)CC2)cc1. The second-order valence-corrected chi connectivity index (χ2v) is 5.75. The molecule has 1 aliphatic rings. The number of carbonyl (C=O) groups excluding carboxylic acids is 2. The van der Waals surface area contributed by atoms with E-state index in [1.54, 1.807) is 18.7 Å². The van der Waals surface area contributed by atoms with Crippen LogP contribution in [-0.4, -0.2) is 35.9 Å². The number of rotatable bonds is 3. The quantitative estimate of drug-likeness (QED) is 0.630. The second-order valence-electron chi connectivity index (χ2n) is 4.87. The van der Waals surface area contributed by atoms with Crippen LogP contribution in [-0.2, 0) is 4.79 Å². The van der Waals surface area contributed by atoms with Crippen molar-refractivity contribution in [1.82, 2.24) is 4.90 Å².